The van der Waals surface area contributed by atoms with Crippen molar-refractivity contribution in [2.24, 2.45) is 0 Å². The number of ether oxygens (including phenoxy) is 1. The van der Waals surface area contributed by atoms with Gasteiger partial charge in [0.05, 0.1) is 28.3 Å². The molecule has 0 aliphatic rings. The van der Waals surface area contributed by atoms with Gasteiger partial charge in [-0.3, -0.25) is 9.59 Å². The summed E-state index contributed by atoms with van der Waals surface area (Å²) in [5.41, 5.74) is 2.46. The molecule has 1 aromatic heterocycles. The van der Waals surface area contributed by atoms with Crippen LogP contribution in [0.4, 0.5) is 10.7 Å². The number of esters is 1. The lowest BCUT2D eigenvalue weighted by Gasteiger charge is -2.06. The first kappa shape index (κ1) is 21.5. The maximum absolute atomic E-state index is 12.8. The minimum Gasteiger partial charge on any atom is -0.465 e. The number of nitrogens with one attached hydrogen (secondary N) is 2. The largest absolute Gasteiger partial charge is 0.465 e. The highest BCUT2D eigenvalue weighted by molar-refractivity contribution is 7.19. The smallest absolute Gasteiger partial charge is 0.341 e. The maximum Gasteiger partial charge on any atom is 0.341 e. The predicted octanol–water partition coefficient (Wildman–Crippen LogP) is 5.31. The van der Waals surface area contributed by atoms with E-state index in [0.717, 1.165) is 16.9 Å². The molecule has 30 heavy (non-hydrogen) atoms. The summed E-state index contributed by atoms with van der Waals surface area (Å²) in [6.45, 7) is 3.55. The third kappa shape index (κ3) is 4.53. The third-order valence-electron chi connectivity index (χ3n) is 4.41. The van der Waals surface area contributed by atoms with Gasteiger partial charge in [-0.15, -0.1) is 11.3 Å². The minimum atomic E-state index is -0.639. The van der Waals surface area contributed by atoms with Crippen LogP contribution >= 0.6 is 22.9 Å². The summed E-state index contributed by atoms with van der Waals surface area (Å²) in [6, 6.07) is 13.8. The van der Waals surface area contributed by atoms with Crippen LogP contribution in [0.25, 0.3) is 0 Å². The molecule has 1 heterocycles. The first-order valence-corrected chi connectivity index (χ1v) is 10.2. The number of carbonyl (C=O) groups excluding carboxylic acids is 3. The second-order valence-electron chi connectivity index (χ2n) is 6.51. The highest BCUT2D eigenvalue weighted by Gasteiger charge is 2.27. The molecule has 2 aromatic carbocycles. The van der Waals surface area contributed by atoms with E-state index in [9.17, 15) is 14.4 Å². The number of hydrogen-bond acceptors (Lipinski definition) is 5. The number of hydrogen-bond donors (Lipinski definition) is 2. The van der Waals surface area contributed by atoms with Crippen LogP contribution in [0.5, 0.6) is 0 Å². The molecule has 0 bridgehead atoms. The number of anilines is 2. The van der Waals surface area contributed by atoms with Gasteiger partial charge in [-0.25, -0.2) is 4.79 Å². The molecule has 0 atom stereocenters. The molecule has 6 nitrogen and oxygen atoms in total. The first-order chi connectivity index (χ1) is 14.3. The second-order valence-corrected chi connectivity index (χ2v) is 7.93. The molecule has 8 heteroatoms. The topological polar surface area (TPSA) is 84.5 Å². The Hall–Kier alpha value is -3.16. The van der Waals surface area contributed by atoms with Gasteiger partial charge in [0.1, 0.15) is 5.00 Å². The van der Waals surface area contributed by atoms with Gasteiger partial charge in [0.15, 0.2) is 0 Å². The normalized spacial score (nSPS) is 10.4. The highest BCUT2D eigenvalue weighted by Crippen LogP contribution is 2.35. The Morgan fingerprint density at radius 2 is 1.60 bits per heavy atom. The Morgan fingerprint density at radius 1 is 0.933 bits per heavy atom. The van der Waals surface area contributed by atoms with Gasteiger partial charge >= 0.3 is 5.97 Å². The summed E-state index contributed by atoms with van der Waals surface area (Å²) in [5, 5.41) is 6.09. The van der Waals surface area contributed by atoms with Gasteiger partial charge in [-0.1, -0.05) is 41.4 Å². The molecular formula is C22H19ClN2O4S. The Labute approximate surface area is 182 Å². The second kappa shape index (κ2) is 9.11. The van der Waals surface area contributed by atoms with Crippen LogP contribution in [0.1, 0.15) is 41.5 Å². The molecule has 0 radical (unpaired) electrons. The Bertz CT molecular complexity index is 1120. The quantitative estimate of drug-likeness (QED) is 0.524. The lowest BCUT2D eigenvalue weighted by molar-refractivity contribution is 0.0601. The van der Waals surface area contributed by atoms with Crippen molar-refractivity contribution in [2.75, 3.05) is 17.7 Å². The van der Waals surface area contributed by atoms with Crippen molar-refractivity contribution in [2.45, 2.75) is 13.8 Å². The van der Waals surface area contributed by atoms with E-state index < -0.39 is 11.9 Å². The number of thiophene rings is 1. The zero-order valence-corrected chi connectivity index (χ0v) is 18.1. The number of halogens is 1. The zero-order chi connectivity index (χ0) is 21.8. The Kier molecular flexibility index (Phi) is 6.54. The summed E-state index contributed by atoms with van der Waals surface area (Å²) in [5.74, 6) is -1.47. The molecule has 2 amide bonds. The molecule has 0 saturated carbocycles. The lowest BCUT2D eigenvalue weighted by atomic mass is 10.1. The van der Waals surface area contributed by atoms with Crippen molar-refractivity contribution in [1.82, 2.24) is 0 Å². The van der Waals surface area contributed by atoms with Crippen molar-refractivity contribution in [3.63, 3.8) is 0 Å². The number of rotatable bonds is 5. The van der Waals surface area contributed by atoms with Gasteiger partial charge in [-0.2, -0.15) is 0 Å². The van der Waals surface area contributed by atoms with Gasteiger partial charge < -0.3 is 15.4 Å². The zero-order valence-electron chi connectivity index (χ0n) is 16.5. The highest BCUT2D eigenvalue weighted by atomic mass is 35.5. The fourth-order valence-electron chi connectivity index (χ4n) is 2.79. The number of amides is 2. The summed E-state index contributed by atoms with van der Waals surface area (Å²) in [4.78, 5) is 38.1. The van der Waals surface area contributed by atoms with E-state index in [1.807, 2.05) is 19.1 Å². The van der Waals surface area contributed by atoms with Gasteiger partial charge in [0.2, 0.25) is 0 Å². The number of carbonyl (C=O) groups is 3. The summed E-state index contributed by atoms with van der Waals surface area (Å²) in [7, 11) is 1.24. The van der Waals surface area contributed by atoms with Crippen molar-refractivity contribution in [3.05, 3.63) is 80.7 Å². The molecule has 0 fully saturated rings. The van der Waals surface area contributed by atoms with Crippen LogP contribution < -0.4 is 10.6 Å². The van der Waals surface area contributed by atoms with Crippen LogP contribution in [0.2, 0.25) is 5.02 Å². The average Bonchev–Trinajstić information content (AvgIpc) is 3.05. The maximum atomic E-state index is 12.8. The lowest BCUT2D eigenvalue weighted by Crippen LogP contribution is -2.14. The van der Waals surface area contributed by atoms with E-state index in [1.165, 1.54) is 7.11 Å². The van der Waals surface area contributed by atoms with E-state index in [0.29, 0.717) is 21.8 Å². The minimum absolute atomic E-state index is 0.146. The molecule has 154 valence electrons. The Balaban J connectivity index is 1.94. The molecule has 3 rings (SSSR count). The van der Waals surface area contributed by atoms with Crippen molar-refractivity contribution < 1.29 is 19.1 Å². The SMILES string of the molecule is COC(=O)c1c(NC(=O)c2ccc(C)cc2)sc(C(=O)Nc2ccccc2Cl)c1C. The molecule has 0 spiro atoms. The Morgan fingerprint density at radius 3 is 2.23 bits per heavy atom. The predicted molar refractivity (Wildman–Crippen MR) is 119 cm³/mol. The van der Waals surface area contributed by atoms with Crippen LogP contribution in [0, 0.1) is 13.8 Å². The molecule has 3 aromatic rings. The standard InChI is InChI=1S/C22H19ClN2O4S/c1-12-8-10-14(11-9-12)19(26)25-21-17(22(28)29-3)13(2)18(30-21)20(27)24-16-7-5-4-6-15(16)23/h4-11H,1-3H3,(H,24,27)(H,25,26). The number of benzene rings is 2. The van der Waals surface area contributed by atoms with E-state index in [-0.39, 0.29) is 21.3 Å². The number of para-hydroxylation sites is 1. The molecule has 0 aliphatic heterocycles. The van der Waals surface area contributed by atoms with Crippen molar-refractivity contribution in [3.8, 4) is 0 Å². The summed E-state index contributed by atoms with van der Waals surface area (Å²) < 4.78 is 4.85. The van der Waals surface area contributed by atoms with E-state index >= 15 is 0 Å². The molecule has 0 saturated heterocycles. The average molecular weight is 443 g/mol. The number of aryl methyl sites for hydroxylation is 1. The molecular weight excluding hydrogens is 424 g/mol. The molecule has 0 aliphatic carbocycles. The van der Waals surface area contributed by atoms with Crippen molar-refractivity contribution in [1.29, 1.82) is 0 Å². The van der Waals surface area contributed by atoms with Crippen molar-refractivity contribution >= 4 is 51.4 Å². The van der Waals surface area contributed by atoms with Crippen LogP contribution in [-0.4, -0.2) is 24.9 Å². The number of methoxy groups -OCH3 is 1. The fraction of sp³-hybridized carbons (Fsp3) is 0.136. The van der Waals surface area contributed by atoms with E-state index in [4.69, 9.17) is 16.3 Å². The van der Waals surface area contributed by atoms with Gasteiger partial charge in [0, 0.05) is 5.56 Å². The van der Waals surface area contributed by atoms with Gasteiger partial charge in [-0.05, 0) is 43.7 Å². The van der Waals surface area contributed by atoms with E-state index in [2.05, 4.69) is 10.6 Å². The molecule has 0 unspecified atom stereocenters. The molecule has 2 N–H and O–H groups in total. The van der Waals surface area contributed by atoms with Gasteiger partial charge in [0.25, 0.3) is 11.8 Å². The fourth-order valence-corrected chi connectivity index (χ4v) is 4.06. The first-order valence-electron chi connectivity index (χ1n) is 8.97. The van der Waals surface area contributed by atoms with Crippen LogP contribution in [-0.2, 0) is 4.74 Å². The van der Waals surface area contributed by atoms with Crippen LogP contribution in [0.15, 0.2) is 48.5 Å². The van der Waals surface area contributed by atoms with E-state index in [1.54, 1.807) is 43.3 Å². The van der Waals surface area contributed by atoms with Crippen LogP contribution in [0.3, 0.4) is 0 Å². The third-order valence-corrected chi connectivity index (χ3v) is 5.94. The monoisotopic (exact) mass is 442 g/mol. The summed E-state index contributed by atoms with van der Waals surface area (Å²) in [6.07, 6.45) is 0. The summed E-state index contributed by atoms with van der Waals surface area (Å²) >= 11 is 7.11.